The third-order valence-corrected chi connectivity index (χ3v) is 6.50. The van der Waals surface area contributed by atoms with Crippen molar-refractivity contribution < 1.29 is 4.74 Å². The number of likely N-dealkylation sites (tertiary alicyclic amines) is 1. The summed E-state index contributed by atoms with van der Waals surface area (Å²) in [5.41, 5.74) is 8.93. The zero-order valence-electron chi connectivity index (χ0n) is 18.0. The molecule has 0 unspecified atom stereocenters. The molecule has 4 rings (SSSR count). The average molecular weight is 438 g/mol. The minimum atomic E-state index is -0.127. The Balaban J connectivity index is 1.25. The van der Waals surface area contributed by atoms with Gasteiger partial charge in [0.05, 0.1) is 6.04 Å². The Bertz CT molecular complexity index is 873. The Morgan fingerprint density at radius 2 is 1.77 bits per heavy atom. The van der Waals surface area contributed by atoms with Gasteiger partial charge in [0.2, 0.25) is 0 Å². The molecule has 0 aliphatic carbocycles. The maximum absolute atomic E-state index is 6.63. The SMILES string of the molecule is N[C@H](C1=CC=CCN1CC1CCN(CCOc2ccccc2)CC1)c1ccc(Cl)cc1. The van der Waals surface area contributed by atoms with Crippen LogP contribution in [0.25, 0.3) is 0 Å². The molecule has 1 fully saturated rings. The van der Waals surface area contributed by atoms with E-state index in [9.17, 15) is 0 Å². The third-order valence-electron chi connectivity index (χ3n) is 6.25. The summed E-state index contributed by atoms with van der Waals surface area (Å²) in [6, 6.07) is 17.8. The number of hydrogen-bond acceptors (Lipinski definition) is 4. The lowest BCUT2D eigenvalue weighted by Gasteiger charge is -2.38. The number of piperidine rings is 1. The molecule has 2 aliphatic rings. The molecule has 164 valence electrons. The van der Waals surface area contributed by atoms with E-state index < -0.39 is 0 Å². The first-order chi connectivity index (χ1) is 15.2. The zero-order chi connectivity index (χ0) is 21.5. The van der Waals surface area contributed by atoms with Crippen LogP contribution in [-0.4, -0.2) is 49.1 Å². The highest BCUT2D eigenvalue weighted by molar-refractivity contribution is 6.30. The first-order valence-electron chi connectivity index (χ1n) is 11.2. The van der Waals surface area contributed by atoms with Crippen LogP contribution in [-0.2, 0) is 0 Å². The van der Waals surface area contributed by atoms with Gasteiger partial charge in [-0.1, -0.05) is 54.1 Å². The Kier molecular flexibility index (Phi) is 7.68. The second-order valence-electron chi connectivity index (χ2n) is 8.40. The van der Waals surface area contributed by atoms with Crippen molar-refractivity contribution in [3.63, 3.8) is 0 Å². The molecule has 0 bridgehead atoms. The number of halogens is 1. The second-order valence-corrected chi connectivity index (χ2v) is 8.84. The molecule has 2 heterocycles. The molecule has 2 aliphatic heterocycles. The van der Waals surface area contributed by atoms with Gasteiger partial charge in [0.1, 0.15) is 12.4 Å². The molecule has 0 saturated carbocycles. The summed E-state index contributed by atoms with van der Waals surface area (Å²) < 4.78 is 5.86. The fourth-order valence-electron chi connectivity index (χ4n) is 4.40. The smallest absolute Gasteiger partial charge is 0.119 e. The van der Waals surface area contributed by atoms with Crippen molar-refractivity contribution in [2.75, 3.05) is 39.3 Å². The number of hydrogen-bond donors (Lipinski definition) is 1. The van der Waals surface area contributed by atoms with E-state index in [2.05, 4.69) is 28.0 Å². The molecule has 0 spiro atoms. The predicted octanol–water partition coefficient (Wildman–Crippen LogP) is 4.89. The second kappa shape index (κ2) is 10.9. The van der Waals surface area contributed by atoms with Crippen LogP contribution in [0.2, 0.25) is 5.02 Å². The molecule has 31 heavy (non-hydrogen) atoms. The quantitative estimate of drug-likeness (QED) is 0.638. The van der Waals surface area contributed by atoms with Crippen LogP contribution in [0.15, 0.2) is 78.5 Å². The maximum atomic E-state index is 6.63. The summed E-state index contributed by atoms with van der Waals surface area (Å²) in [4.78, 5) is 4.98. The highest BCUT2D eigenvalue weighted by atomic mass is 35.5. The van der Waals surface area contributed by atoms with Gasteiger partial charge in [-0.25, -0.2) is 0 Å². The van der Waals surface area contributed by atoms with Gasteiger partial charge in [0, 0.05) is 30.4 Å². The molecular weight excluding hydrogens is 406 g/mol. The molecule has 5 heteroatoms. The summed E-state index contributed by atoms with van der Waals surface area (Å²) in [5, 5.41) is 0.742. The Hall–Kier alpha value is -2.27. The van der Waals surface area contributed by atoms with Gasteiger partial charge < -0.3 is 15.4 Å². The van der Waals surface area contributed by atoms with Crippen molar-refractivity contribution in [3.05, 3.63) is 89.1 Å². The number of nitrogens with two attached hydrogens (primary N) is 1. The Morgan fingerprint density at radius 1 is 1.03 bits per heavy atom. The van der Waals surface area contributed by atoms with Crippen molar-refractivity contribution in [2.24, 2.45) is 11.7 Å². The monoisotopic (exact) mass is 437 g/mol. The van der Waals surface area contributed by atoms with E-state index in [1.807, 2.05) is 54.6 Å². The van der Waals surface area contributed by atoms with E-state index in [0.717, 1.165) is 55.7 Å². The van der Waals surface area contributed by atoms with E-state index in [-0.39, 0.29) is 6.04 Å². The van der Waals surface area contributed by atoms with Crippen LogP contribution in [0.5, 0.6) is 5.75 Å². The van der Waals surface area contributed by atoms with Crippen molar-refractivity contribution >= 4 is 11.6 Å². The molecular formula is C26H32ClN3O. The average Bonchev–Trinajstić information content (AvgIpc) is 2.81. The van der Waals surface area contributed by atoms with Crippen LogP contribution in [0.4, 0.5) is 0 Å². The van der Waals surface area contributed by atoms with Gasteiger partial charge in [-0.15, -0.1) is 0 Å². The van der Waals surface area contributed by atoms with E-state index in [1.54, 1.807) is 0 Å². The number of para-hydroxylation sites is 1. The zero-order valence-corrected chi connectivity index (χ0v) is 18.8. The normalized spacial score (nSPS) is 18.6. The fourth-order valence-corrected chi connectivity index (χ4v) is 4.53. The van der Waals surface area contributed by atoms with E-state index in [0.29, 0.717) is 5.92 Å². The number of benzene rings is 2. The standard InChI is InChI=1S/C26H32ClN3O/c27-23-11-9-22(10-12-23)26(28)25-8-4-5-15-30(25)20-21-13-16-29(17-14-21)18-19-31-24-6-2-1-3-7-24/h1-12,21,26H,13-20,28H2/t26-/m0/s1. The summed E-state index contributed by atoms with van der Waals surface area (Å²) >= 11 is 6.05. The van der Waals surface area contributed by atoms with Gasteiger partial charge in [-0.2, -0.15) is 0 Å². The van der Waals surface area contributed by atoms with Gasteiger partial charge in [0.15, 0.2) is 0 Å². The van der Waals surface area contributed by atoms with Crippen molar-refractivity contribution in [1.29, 1.82) is 0 Å². The van der Waals surface area contributed by atoms with Gasteiger partial charge in [-0.05, 0) is 67.8 Å². The predicted molar refractivity (Wildman–Crippen MR) is 128 cm³/mol. The van der Waals surface area contributed by atoms with E-state index >= 15 is 0 Å². The lowest BCUT2D eigenvalue weighted by Crippen LogP contribution is -2.41. The molecule has 1 atom stereocenters. The maximum Gasteiger partial charge on any atom is 0.119 e. The summed E-state index contributed by atoms with van der Waals surface area (Å²) in [5.74, 6) is 1.64. The molecule has 0 radical (unpaired) electrons. The molecule has 1 saturated heterocycles. The third kappa shape index (κ3) is 6.13. The Morgan fingerprint density at radius 3 is 2.52 bits per heavy atom. The van der Waals surface area contributed by atoms with Crippen molar-refractivity contribution in [2.45, 2.75) is 18.9 Å². The fraction of sp³-hybridized carbons (Fsp3) is 0.385. The van der Waals surface area contributed by atoms with Gasteiger partial charge >= 0.3 is 0 Å². The highest BCUT2D eigenvalue weighted by Crippen LogP contribution is 2.28. The minimum Gasteiger partial charge on any atom is -0.492 e. The first kappa shape index (κ1) is 21.9. The topological polar surface area (TPSA) is 41.7 Å². The number of allylic oxidation sites excluding steroid dienone is 2. The van der Waals surface area contributed by atoms with Gasteiger partial charge in [-0.3, -0.25) is 4.90 Å². The molecule has 0 aromatic heterocycles. The molecule has 2 N–H and O–H groups in total. The van der Waals surface area contributed by atoms with E-state index in [1.165, 1.54) is 18.5 Å². The van der Waals surface area contributed by atoms with Crippen LogP contribution < -0.4 is 10.5 Å². The number of rotatable bonds is 8. The molecule has 2 aromatic carbocycles. The number of ether oxygens (including phenoxy) is 1. The largest absolute Gasteiger partial charge is 0.492 e. The first-order valence-corrected chi connectivity index (χ1v) is 11.6. The summed E-state index contributed by atoms with van der Waals surface area (Å²) in [6.07, 6.45) is 8.94. The molecule has 0 amide bonds. The molecule has 4 nitrogen and oxygen atoms in total. The number of nitrogens with zero attached hydrogens (tertiary/aromatic N) is 2. The lowest BCUT2D eigenvalue weighted by molar-refractivity contribution is 0.138. The molecule has 2 aromatic rings. The van der Waals surface area contributed by atoms with Crippen LogP contribution in [0.1, 0.15) is 24.4 Å². The van der Waals surface area contributed by atoms with Crippen molar-refractivity contribution in [3.8, 4) is 5.75 Å². The van der Waals surface area contributed by atoms with E-state index in [4.69, 9.17) is 22.1 Å². The van der Waals surface area contributed by atoms with Crippen LogP contribution >= 0.6 is 11.6 Å². The van der Waals surface area contributed by atoms with Crippen molar-refractivity contribution in [1.82, 2.24) is 9.80 Å². The summed E-state index contributed by atoms with van der Waals surface area (Å²) in [7, 11) is 0. The lowest BCUT2D eigenvalue weighted by atomic mass is 9.94. The Labute approximate surface area is 190 Å². The summed E-state index contributed by atoms with van der Waals surface area (Å²) in [6.45, 7) is 5.99. The highest BCUT2D eigenvalue weighted by Gasteiger charge is 2.25. The minimum absolute atomic E-state index is 0.127. The van der Waals surface area contributed by atoms with Crippen LogP contribution in [0.3, 0.4) is 0 Å². The van der Waals surface area contributed by atoms with Crippen LogP contribution in [0, 0.1) is 5.92 Å². The van der Waals surface area contributed by atoms with Gasteiger partial charge in [0.25, 0.3) is 0 Å².